The van der Waals surface area contributed by atoms with Crippen LogP contribution in [0.15, 0.2) is 131 Å². The van der Waals surface area contributed by atoms with E-state index in [0.717, 1.165) is 68.5 Å². The van der Waals surface area contributed by atoms with Crippen molar-refractivity contribution in [3.63, 3.8) is 0 Å². The highest BCUT2D eigenvalue weighted by Gasteiger charge is 2.24. The average molecular weight is 1040 g/mol. The zero-order valence-electron chi connectivity index (χ0n) is 47.7. The van der Waals surface area contributed by atoms with Crippen molar-refractivity contribution in [2.45, 2.75) is 145 Å². The second-order valence-electron chi connectivity index (χ2n) is 23.5. The van der Waals surface area contributed by atoms with Crippen LogP contribution in [0.4, 0.5) is 0 Å². The molecule has 2 aromatic carbocycles. The lowest BCUT2D eigenvalue weighted by Crippen LogP contribution is -2.13. The topological polar surface area (TPSA) is 241 Å². The Kier molecular flexibility index (Phi) is 18.4. The minimum Gasteiger partial charge on any atom is -0.334 e. The maximum Gasteiger partial charge on any atom is 0.259 e. The molecule has 0 radical (unpaired) electrons. The number of pyridine rings is 3. The van der Waals surface area contributed by atoms with Crippen LogP contribution in [0.5, 0.6) is 0 Å². The van der Waals surface area contributed by atoms with Gasteiger partial charge in [-0.1, -0.05) is 174 Å². The van der Waals surface area contributed by atoms with E-state index in [9.17, 15) is 0 Å². The van der Waals surface area contributed by atoms with Gasteiger partial charge in [-0.05, 0) is 50.2 Å². The summed E-state index contributed by atoms with van der Waals surface area (Å²) in [6.07, 6.45) is 8.63. The van der Waals surface area contributed by atoms with E-state index in [1.165, 1.54) is 5.56 Å². The lowest BCUT2D eigenvalue weighted by Gasteiger charge is -2.12. The second-order valence-corrected chi connectivity index (χ2v) is 23.5. The Morgan fingerprint density at radius 1 is 0.364 bits per heavy atom. The molecule has 77 heavy (non-hydrogen) atoms. The van der Waals surface area contributed by atoms with Crippen LogP contribution in [0, 0.1) is 13.8 Å². The molecule has 0 saturated heterocycles. The first-order chi connectivity index (χ1) is 36.1. The van der Waals surface area contributed by atoms with Gasteiger partial charge in [0.05, 0.1) is 5.56 Å². The molecule has 8 aromatic heterocycles. The van der Waals surface area contributed by atoms with Crippen molar-refractivity contribution in [1.82, 2.24) is 80.8 Å². The highest BCUT2D eigenvalue weighted by molar-refractivity contribution is 5.56. The van der Waals surface area contributed by atoms with Crippen molar-refractivity contribution in [3.05, 3.63) is 162 Å². The number of hydrogen-bond acceptors (Lipinski definition) is 15. The quantitative estimate of drug-likeness (QED) is 0.145. The van der Waals surface area contributed by atoms with Crippen LogP contribution in [-0.2, 0) is 27.1 Å². The van der Waals surface area contributed by atoms with Gasteiger partial charge in [0.25, 0.3) is 11.8 Å². The lowest BCUT2D eigenvalue weighted by atomic mass is 9.96. The van der Waals surface area contributed by atoms with E-state index in [-0.39, 0.29) is 27.1 Å². The van der Waals surface area contributed by atoms with E-state index in [1.54, 1.807) is 31.0 Å². The molecule has 8 heterocycles. The Morgan fingerprint density at radius 3 is 1.08 bits per heavy atom. The summed E-state index contributed by atoms with van der Waals surface area (Å²) in [7, 11) is 0. The molecule has 0 bridgehead atoms. The molecule has 0 spiro atoms. The number of nitrogens with one attached hydrogen (secondary N) is 3. The Hall–Kier alpha value is -8.41. The second kappa shape index (κ2) is 24.5. The number of aromatic amines is 3. The van der Waals surface area contributed by atoms with Crippen molar-refractivity contribution in [1.29, 1.82) is 0 Å². The van der Waals surface area contributed by atoms with E-state index in [4.69, 9.17) is 9.05 Å². The number of aromatic nitrogens is 16. The smallest absolute Gasteiger partial charge is 0.259 e. The van der Waals surface area contributed by atoms with Gasteiger partial charge in [0, 0.05) is 86.0 Å². The number of rotatable bonds is 5. The van der Waals surface area contributed by atoms with Gasteiger partial charge in [0.1, 0.15) is 17.5 Å². The zero-order valence-corrected chi connectivity index (χ0v) is 47.7. The number of nitrogens with zero attached hydrogens (tertiary/aromatic N) is 13. The maximum atomic E-state index is 5.22. The molecule has 0 aliphatic rings. The molecule has 10 rings (SSSR count). The Labute approximate surface area is 452 Å². The van der Waals surface area contributed by atoms with Crippen LogP contribution < -0.4 is 0 Å². The number of aryl methyl sites for hydroxylation is 2. The minimum absolute atomic E-state index is 0.00171. The fourth-order valence-electron chi connectivity index (χ4n) is 6.35. The summed E-state index contributed by atoms with van der Waals surface area (Å²) in [4.78, 5) is 34.3. The van der Waals surface area contributed by atoms with E-state index in [0.29, 0.717) is 23.4 Å². The van der Waals surface area contributed by atoms with Crippen LogP contribution in [0.1, 0.15) is 144 Å². The highest BCUT2D eigenvalue weighted by atomic mass is 16.5. The maximum absolute atomic E-state index is 5.22. The van der Waals surface area contributed by atoms with Gasteiger partial charge in [-0.15, -0.1) is 0 Å². The van der Waals surface area contributed by atoms with Crippen molar-refractivity contribution in [2.24, 2.45) is 0 Å². The molecule has 0 aliphatic carbocycles. The first-order valence-electron chi connectivity index (χ1n) is 25.5. The third-order valence-corrected chi connectivity index (χ3v) is 11.1. The zero-order chi connectivity index (χ0) is 56.2. The predicted molar refractivity (Wildman–Crippen MR) is 301 cm³/mol. The SMILES string of the molecule is CC(C)(C)c1nc(-c2ccccc2)n[nH]1.CC(C)(C)c1nc(-c2ccncc2)n[nH]1.CC(C)(C)c1noc(-c2ccncc2)n1.Cc1ccc(-c2n[nH]c(C(C)(C)C)n2)cc1.Cc1ccc(-c2nc(C(C)(C)C)no2)cn1. The molecular formula is C59H74N16O2. The summed E-state index contributed by atoms with van der Waals surface area (Å²) in [5.41, 5.74) is 6.89. The van der Waals surface area contributed by atoms with Crippen molar-refractivity contribution in [3.8, 4) is 57.1 Å². The molecule has 0 atom stereocenters. The molecule has 0 amide bonds. The average Bonchev–Trinajstić information content (AvgIpc) is 4.25. The van der Waals surface area contributed by atoms with E-state index >= 15 is 0 Å². The van der Waals surface area contributed by atoms with E-state index in [1.807, 2.05) is 107 Å². The van der Waals surface area contributed by atoms with Crippen LogP contribution in [0.2, 0.25) is 0 Å². The normalized spacial score (nSPS) is 11.7. The summed E-state index contributed by atoms with van der Waals surface area (Å²) >= 11 is 0. The fraction of sp³-hybridized carbons (Fsp3) is 0.373. The molecule has 0 aliphatic heterocycles. The van der Waals surface area contributed by atoms with Gasteiger partial charge in [-0.2, -0.15) is 25.3 Å². The van der Waals surface area contributed by atoms with Gasteiger partial charge in [-0.25, -0.2) is 15.0 Å². The molecule has 0 unspecified atom stereocenters. The molecule has 402 valence electrons. The third kappa shape index (κ3) is 17.1. The minimum atomic E-state index is -0.0973. The van der Waals surface area contributed by atoms with E-state index in [2.05, 4.69) is 183 Å². The first kappa shape index (κ1) is 57.9. The van der Waals surface area contributed by atoms with Gasteiger partial charge in [-0.3, -0.25) is 30.2 Å². The summed E-state index contributed by atoms with van der Waals surface area (Å²) in [5, 5.41) is 29.5. The summed E-state index contributed by atoms with van der Waals surface area (Å²) in [6, 6.07) is 29.6. The van der Waals surface area contributed by atoms with Gasteiger partial charge < -0.3 is 9.05 Å². The molecule has 0 fully saturated rings. The predicted octanol–water partition coefficient (Wildman–Crippen LogP) is 13.2. The van der Waals surface area contributed by atoms with Crippen LogP contribution in [0.25, 0.3) is 57.1 Å². The van der Waals surface area contributed by atoms with Gasteiger partial charge >= 0.3 is 0 Å². The van der Waals surface area contributed by atoms with Crippen LogP contribution in [0.3, 0.4) is 0 Å². The summed E-state index contributed by atoms with van der Waals surface area (Å²) < 4.78 is 10.4. The molecule has 18 heteroatoms. The molecule has 10 aromatic rings. The van der Waals surface area contributed by atoms with E-state index < -0.39 is 0 Å². The van der Waals surface area contributed by atoms with Crippen molar-refractivity contribution in [2.75, 3.05) is 0 Å². The monoisotopic (exact) mass is 1040 g/mol. The van der Waals surface area contributed by atoms with Crippen LogP contribution in [-0.4, -0.2) is 80.8 Å². The standard InChI is InChI=1S/C13H17N3.C12H15N3O.C12H15N3.C11H14N4.C11H13N3O/c1-9-5-7-10(8-6-9)11-14-12(16-15-11)13(2,3)4;1-8-5-6-9(7-13-8)10-14-11(15-16-10)12(2,3)4;1-12(2,3)11-13-10(14-15-11)9-7-5-4-6-8-9;1-11(2,3)10-13-9(14-15-10)8-4-6-12-7-5-8;1-11(2,3)10-13-9(15-14-10)8-4-6-12-7-5-8/h5-8H,1-4H3,(H,14,15,16);5-7H,1-4H3;4-8H,1-3H3,(H,13,14,15);4-7H,1-3H3,(H,13,14,15);4-7H,1-3H3. The molecule has 18 nitrogen and oxygen atoms in total. The fourth-order valence-corrected chi connectivity index (χ4v) is 6.35. The Bertz CT molecular complexity index is 3020. The number of benzene rings is 2. The summed E-state index contributed by atoms with van der Waals surface area (Å²) in [5.74, 6) is 7.49. The first-order valence-corrected chi connectivity index (χ1v) is 25.5. The number of H-pyrrole nitrogens is 3. The molecular weight excluding hydrogens is 965 g/mol. The Morgan fingerprint density at radius 2 is 0.727 bits per heavy atom. The lowest BCUT2D eigenvalue weighted by molar-refractivity contribution is 0.402. The molecule has 0 saturated carbocycles. The van der Waals surface area contributed by atoms with Gasteiger partial charge in [0.2, 0.25) is 0 Å². The van der Waals surface area contributed by atoms with Gasteiger partial charge in [0.15, 0.2) is 29.1 Å². The van der Waals surface area contributed by atoms with Crippen LogP contribution >= 0.6 is 0 Å². The highest BCUT2D eigenvalue weighted by Crippen LogP contribution is 2.27. The van der Waals surface area contributed by atoms with Crippen molar-refractivity contribution < 1.29 is 9.05 Å². The molecule has 3 N–H and O–H groups in total. The largest absolute Gasteiger partial charge is 0.334 e. The summed E-state index contributed by atoms with van der Waals surface area (Å²) in [6.45, 7) is 35.3. The third-order valence-electron chi connectivity index (χ3n) is 11.1. The number of hydrogen-bond donors (Lipinski definition) is 3. The van der Waals surface area contributed by atoms with Crippen molar-refractivity contribution >= 4 is 0 Å². The Balaban J connectivity index is 0.000000156.